The lowest BCUT2D eigenvalue weighted by Crippen LogP contribution is -2.39. The monoisotopic (exact) mass is 351 g/mol. The van der Waals surface area contributed by atoms with Gasteiger partial charge in [-0.25, -0.2) is 4.39 Å². The van der Waals surface area contributed by atoms with Gasteiger partial charge in [0.1, 0.15) is 5.82 Å². The molecule has 0 spiro atoms. The van der Waals surface area contributed by atoms with E-state index in [9.17, 15) is 9.18 Å². The van der Waals surface area contributed by atoms with E-state index in [-0.39, 0.29) is 23.6 Å². The van der Waals surface area contributed by atoms with Crippen molar-refractivity contribution in [3.8, 4) is 0 Å². The molecule has 132 valence electrons. The second-order valence-corrected chi connectivity index (χ2v) is 6.54. The average Bonchev–Trinajstić information content (AvgIpc) is 3.01. The van der Waals surface area contributed by atoms with Crippen LogP contribution in [-0.2, 0) is 4.79 Å². The van der Waals surface area contributed by atoms with Gasteiger partial charge in [-0.05, 0) is 43.3 Å². The van der Waals surface area contributed by atoms with Crippen LogP contribution in [0.2, 0.25) is 0 Å². The number of likely N-dealkylation sites (tertiary alicyclic amines) is 1. The van der Waals surface area contributed by atoms with Crippen LogP contribution in [0.4, 0.5) is 4.39 Å². The van der Waals surface area contributed by atoms with Crippen LogP contribution in [0.1, 0.15) is 38.2 Å². The fourth-order valence-corrected chi connectivity index (χ4v) is 3.36. The number of carbonyl (C=O) groups is 1. The summed E-state index contributed by atoms with van der Waals surface area (Å²) >= 11 is 5.41. The van der Waals surface area contributed by atoms with Crippen molar-refractivity contribution < 1.29 is 9.18 Å². The van der Waals surface area contributed by atoms with Gasteiger partial charge in [0.2, 0.25) is 5.91 Å². The zero-order valence-corrected chi connectivity index (χ0v) is 15.2. The molecule has 0 aromatic heterocycles. The highest BCUT2D eigenvalue weighted by molar-refractivity contribution is 7.80. The van der Waals surface area contributed by atoms with Gasteiger partial charge in [-0.1, -0.05) is 25.5 Å². The maximum Gasteiger partial charge on any atom is 0.225 e. The van der Waals surface area contributed by atoms with Crippen molar-refractivity contribution >= 4 is 23.2 Å². The van der Waals surface area contributed by atoms with Crippen LogP contribution >= 0.6 is 12.2 Å². The number of rotatable bonds is 6. The largest absolute Gasteiger partial charge is 0.363 e. The van der Waals surface area contributed by atoms with Crippen LogP contribution in [0.3, 0.4) is 0 Å². The van der Waals surface area contributed by atoms with E-state index >= 15 is 0 Å². The SMILES string of the molecule is CCCCNC(=O)[C@@H]1CN(C(=S)NCC)C[C@H]1c1ccc(F)cc1. The lowest BCUT2D eigenvalue weighted by Gasteiger charge is -2.19. The molecule has 1 heterocycles. The van der Waals surface area contributed by atoms with Crippen LogP contribution in [0.25, 0.3) is 0 Å². The number of amides is 1. The second-order valence-electron chi connectivity index (χ2n) is 6.15. The Balaban J connectivity index is 2.14. The minimum atomic E-state index is -0.263. The molecule has 1 aliphatic rings. The number of unbranched alkanes of at least 4 members (excludes halogenated alkanes) is 1. The Kier molecular flexibility index (Phi) is 6.97. The fourth-order valence-electron chi connectivity index (χ4n) is 3.07. The molecular formula is C18H26FN3OS. The minimum absolute atomic E-state index is 0.0174. The van der Waals surface area contributed by atoms with Gasteiger partial charge in [0.25, 0.3) is 0 Å². The highest BCUT2D eigenvalue weighted by Crippen LogP contribution is 2.33. The van der Waals surface area contributed by atoms with Crippen LogP contribution in [-0.4, -0.2) is 42.1 Å². The summed E-state index contributed by atoms with van der Waals surface area (Å²) in [6.07, 6.45) is 2.02. The summed E-state index contributed by atoms with van der Waals surface area (Å²) in [5.41, 5.74) is 0.980. The van der Waals surface area contributed by atoms with Gasteiger partial charge in [0.15, 0.2) is 5.11 Å². The molecule has 0 radical (unpaired) electrons. The summed E-state index contributed by atoms with van der Waals surface area (Å²) in [7, 11) is 0. The molecular weight excluding hydrogens is 325 g/mol. The van der Waals surface area contributed by atoms with Gasteiger partial charge < -0.3 is 15.5 Å². The maximum absolute atomic E-state index is 13.2. The van der Waals surface area contributed by atoms with E-state index in [0.717, 1.165) is 24.9 Å². The van der Waals surface area contributed by atoms with Gasteiger partial charge in [-0.3, -0.25) is 4.79 Å². The molecule has 1 aromatic rings. The van der Waals surface area contributed by atoms with Gasteiger partial charge >= 0.3 is 0 Å². The van der Waals surface area contributed by atoms with Crippen LogP contribution in [0, 0.1) is 11.7 Å². The van der Waals surface area contributed by atoms with E-state index in [2.05, 4.69) is 17.6 Å². The minimum Gasteiger partial charge on any atom is -0.363 e. The highest BCUT2D eigenvalue weighted by Gasteiger charge is 2.39. The molecule has 6 heteroatoms. The molecule has 0 bridgehead atoms. The van der Waals surface area contributed by atoms with E-state index in [1.165, 1.54) is 12.1 Å². The van der Waals surface area contributed by atoms with Crippen molar-refractivity contribution in [3.63, 3.8) is 0 Å². The zero-order valence-electron chi connectivity index (χ0n) is 14.3. The Morgan fingerprint density at radius 1 is 1.25 bits per heavy atom. The van der Waals surface area contributed by atoms with Gasteiger partial charge in [0, 0.05) is 32.1 Å². The van der Waals surface area contributed by atoms with E-state index in [0.29, 0.717) is 24.7 Å². The van der Waals surface area contributed by atoms with Crippen molar-refractivity contribution in [2.45, 2.75) is 32.6 Å². The number of halogens is 1. The lowest BCUT2D eigenvalue weighted by atomic mass is 9.88. The van der Waals surface area contributed by atoms with E-state index in [4.69, 9.17) is 12.2 Å². The number of hydrogen-bond acceptors (Lipinski definition) is 2. The molecule has 0 unspecified atom stereocenters. The first kappa shape index (κ1) is 18.6. The molecule has 1 amide bonds. The topological polar surface area (TPSA) is 44.4 Å². The Morgan fingerprint density at radius 3 is 2.58 bits per heavy atom. The number of nitrogens with zero attached hydrogens (tertiary/aromatic N) is 1. The van der Waals surface area contributed by atoms with Gasteiger partial charge in [-0.2, -0.15) is 0 Å². The van der Waals surface area contributed by atoms with E-state index in [1.54, 1.807) is 12.1 Å². The van der Waals surface area contributed by atoms with Gasteiger partial charge in [0.05, 0.1) is 5.92 Å². The molecule has 24 heavy (non-hydrogen) atoms. The fraction of sp³-hybridized carbons (Fsp3) is 0.556. The number of carbonyl (C=O) groups excluding carboxylic acids is 1. The highest BCUT2D eigenvalue weighted by atomic mass is 32.1. The zero-order chi connectivity index (χ0) is 17.5. The summed E-state index contributed by atoms with van der Waals surface area (Å²) in [5, 5.41) is 6.85. The lowest BCUT2D eigenvalue weighted by molar-refractivity contribution is -0.124. The number of thiocarbonyl (C=S) groups is 1. The first-order chi connectivity index (χ1) is 11.6. The Labute approximate surface area is 148 Å². The van der Waals surface area contributed by atoms with Crippen LogP contribution in [0.5, 0.6) is 0 Å². The maximum atomic E-state index is 13.2. The Morgan fingerprint density at radius 2 is 1.96 bits per heavy atom. The van der Waals surface area contributed by atoms with Crippen molar-refractivity contribution in [2.24, 2.45) is 5.92 Å². The molecule has 2 atom stereocenters. The number of benzene rings is 1. The first-order valence-corrected chi connectivity index (χ1v) is 9.03. The van der Waals surface area contributed by atoms with Crippen LogP contribution < -0.4 is 10.6 Å². The van der Waals surface area contributed by atoms with Gasteiger partial charge in [-0.15, -0.1) is 0 Å². The standard InChI is InChI=1S/C18H26FN3OS/c1-3-5-10-21-17(23)16-12-22(18(24)20-4-2)11-15(16)13-6-8-14(19)9-7-13/h6-9,15-16H,3-5,10-12H2,1-2H3,(H,20,24)(H,21,23)/t15-,16+/m0/s1. The number of nitrogens with one attached hydrogen (secondary N) is 2. The smallest absolute Gasteiger partial charge is 0.225 e. The van der Waals surface area contributed by atoms with Crippen molar-refractivity contribution in [2.75, 3.05) is 26.2 Å². The molecule has 2 rings (SSSR count). The molecule has 1 aromatic carbocycles. The second kappa shape index (κ2) is 8.97. The third-order valence-electron chi connectivity index (χ3n) is 4.40. The quantitative estimate of drug-likeness (QED) is 0.611. The summed E-state index contributed by atoms with van der Waals surface area (Å²) in [5.74, 6) is -0.368. The molecule has 4 nitrogen and oxygen atoms in total. The molecule has 2 N–H and O–H groups in total. The Bertz CT molecular complexity index is 564. The molecule has 1 saturated heterocycles. The first-order valence-electron chi connectivity index (χ1n) is 8.62. The van der Waals surface area contributed by atoms with Crippen molar-refractivity contribution in [3.05, 3.63) is 35.6 Å². The Hall–Kier alpha value is -1.69. The molecule has 0 saturated carbocycles. The molecule has 0 aliphatic carbocycles. The van der Waals surface area contributed by atoms with Crippen LogP contribution in [0.15, 0.2) is 24.3 Å². The third kappa shape index (κ3) is 4.66. The summed E-state index contributed by atoms with van der Waals surface area (Å²) < 4.78 is 13.2. The predicted octanol–water partition coefficient (Wildman–Crippen LogP) is 2.65. The van der Waals surface area contributed by atoms with Crippen molar-refractivity contribution in [1.29, 1.82) is 0 Å². The number of hydrogen-bond donors (Lipinski definition) is 2. The van der Waals surface area contributed by atoms with E-state index in [1.807, 2.05) is 11.8 Å². The molecule has 1 fully saturated rings. The summed E-state index contributed by atoms with van der Waals surface area (Å²) in [6, 6.07) is 6.44. The summed E-state index contributed by atoms with van der Waals surface area (Å²) in [4.78, 5) is 14.7. The van der Waals surface area contributed by atoms with Crippen molar-refractivity contribution in [1.82, 2.24) is 15.5 Å². The normalized spacial score (nSPS) is 20.0. The average molecular weight is 351 g/mol. The predicted molar refractivity (Wildman–Crippen MR) is 98.4 cm³/mol. The summed E-state index contributed by atoms with van der Waals surface area (Å²) in [6.45, 7) is 6.80. The van der Waals surface area contributed by atoms with E-state index < -0.39 is 0 Å². The molecule has 1 aliphatic heterocycles. The third-order valence-corrected chi connectivity index (χ3v) is 4.80.